The van der Waals surface area contributed by atoms with E-state index in [-0.39, 0.29) is 60.5 Å². The predicted molar refractivity (Wildman–Crippen MR) is 63.1 cm³/mol. The largest absolute Gasteiger partial charge is 3.00 e. The van der Waals surface area contributed by atoms with E-state index in [1.165, 1.54) is 0 Å². The van der Waals surface area contributed by atoms with Crippen LogP contribution in [0.25, 0.3) is 5.32 Å². The van der Waals surface area contributed by atoms with Gasteiger partial charge in [-0.15, -0.1) is 11.2 Å². The summed E-state index contributed by atoms with van der Waals surface area (Å²) in [5.74, 6) is 0. The maximum Gasteiger partial charge on any atom is 3.00 e. The van der Waals surface area contributed by atoms with Crippen LogP contribution in [-0.4, -0.2) is 25.7 Å². The molecule has 1 aliphatic rings. The summed E-state index contributed by atoms with van der Waals surface area (Å²) in [7, 11) is -0.299. The summed E-state index contributed by atoms with van der Waals surface area (Å²) in [4.78, 5) is 0. The molecule has 1 rings (SSSR count). The molecule has 1 radical (unpaired) electrons. The third-order valence-corrected chi connectivity index (χ3v) is 3.14. The summed E-state index contributed by atoms with van der Waals surface area (Å²) in [5, 5.41) is 4.74. The molecule has 0 spiro atoms. The molecule has 0 saturated carbocycles. The van der Waals surface area contributed by atoms with Crippen molar-refractivity contribution in [3.05, 3.63) is 29.6 Å². The molecule has 0 N–H and O–H groups in total. The molecule has 0 unspecified atom stereocenters. The van der Waals surface area contributed by atoms with Crippen molar-refractivity contribution in [3.63, 3.8) is 0 Å². The zero-order valence-electron chi connectivity index (χ0n) is 10.2. The normalized spacial score (nSPS) is 13.5. The molecular formula is C11H18Cl2NSiTi. The maximum absolute atomic E-state index is 4.74. The number of hydrogen-bond donors (Lipinski definition) is 0. The summed E-state index contributed by atoms with van der Waals surface area (Å²) in [5.41, 5.74) is 2.42. The average molecular weight is 311 g/mol. The minimum Gasteiger partial charge on any atom is -1.00 e. The first-order chi connectivity index (χ1) is 5.99. The predicted octanol–water partition coefficient (Wildman–Crippen LogP) is -3.22. The Morgan fingerprint density at radius 3 is 1.94 bits per heavy atom. The van der Waals surface area contributed by atoms with Crippen molar-refractivity contribution >= 4 is 14.1 Å². The Morgan fingerprint density at radius 1 is 1.12 bits per heavy atom. The Labute approximate surface area is 128 Å². The van der Waals surface area contributed by atoms with E-state index in [2.05, 4.69) is 56.9 Å². The van der Waals surface area contributed by atoms with Gasteiger partial charge in [0.1, 0.15) is 0 Å². The van der Waals surface area contributed by atoms with Crippen LogP contribution in [0.5, 0.6) is 0 Å². The maximum atomic E-state index is 4.74. The number of hydrogen-bond acceptors (Lipinski definition) is 0. The van der Waals surface area contributed by atoms with Crippen molar-refractivity contribution < 1.29 is 46.5 Å². The summed E-state index contributed by atoms with van der Waals surface area (Å²) < 4.78 is 0. The van der Waals surface area contributed by atoms with Gasteiger partial charge >= 0.3 is 21.7 Å². The molecule has 0 heterocycles. The van der Waals surface area contributed by atoms with Crippen LogP contribution in [0, 0.1) is 0 Å². The van der Waals surface area contributed by atoms with E-state index in [9.17, 15) is 0 Å². The molecule has 0 aliphatic heterocycles. The summed E-state index contributed by atoms with van der Waals surface area (Å²) in [6.07, 6.45) is 8.39. The molecule has 0 bridgehead atoms. The molecule has 1 aliphatic carbocycles. The zero-order chi connectivity index (χ0) is 9.90. The van der Waals surface area contributed by atoms with Gasteiger partial charge in [0.05, 0.1) is 0 Å². The summed E-state index contributed by atoms with van der Waals surface area (Å²) in [6, 6.07) is 0.299. The molecule has 0 amide bonds. The van der Waals surface area contributed by atoms with E-state index in [0.29, 0.717) is 6.04 Å². The van der Waals surface area contributed by atoms with Gasteiger partial charge in [0, 0.05) is 0 Å². The third-order valence-electron chi connectivity index (χ3n) is 1.85. The smallest absolute Gasteiger partial charge is 1.00 e. The van der Waals surface area contributed by atoms with Crippen LogP contribution < -0.4 is 24.8 Å². The molecule has 1 nitrogen and oxygen atoms in total. The topological polar surface area (TPSA) is 14.1 Å². The molecule has 0 atom stereocenters. The minimum atomic E-state index is -0.299. The van der Waals surface area contributed by atoms with Crippen molar-refractivity contribution in [1.82, 2.24) is 0 Å². The third kappa shape index (κ3) is 8.91. The fraction of sp³-hybridized carbons (Fsp3) is 0.545. The summed E-state index contributed by atoms with van der Waals surface area (Å²) in [6.45, 7) is 8.96. The molecule has 0 aromatic carbocycles. The van der Waals surface area contributed by atoms with E-state index in [0.717, 1.165) is 0 Å². The van der Waals surface area contributed by atoms with Gasteiger partial charge < -0.3 is 30.1 Å². The second kappa shape index (κ2) is 9.81. The van der Waals surface area contributed by atoms with Gasteiger partial charge in [0.25, 0.3) is 0 Å². The van der Waals surface area contributed by atoms with Crippen molar-refractivity contribution in [2.75, 3.05) is 0 Å². The molecule has 16 heavy (non-hydrogen) atoms. The number of nitrogens with zero attached hydrogens (tertiary/aromatic N) is 1. The van der Waals surface area contributed by atoms with E-state index < -0.39 is 0 Å². The first-order valence-corrected chi connectivity index (χ1v) is 7.30. The second-order valence-corrected chi connectivity index (χ2v) is 6.71. The Kier molecular flexibility index (Phi) is 13.5. The van der Waals surface area contributed by atoms with Gasteiger partial charge in [-0.25, -0.2) is 0 Å². The van der Waals surface area contributed by atoms with E-state index >= 15 is 0 Å². The second-order valence-electron chi connectivity index (χ2n) is 4.26. The molecular weight excluding hydrogens is 293 g/mol. The Morgan fingerprint density at radius 2 is 1.56 bits per heavy atom. The average Bonchev–Trinajstić information content (AvgIpc) is 2.34. The van der Waals surface area contributed by atoms with Gasteiger partial charge in [0.15, 0.2) is 0 Å². The zero-order valence-corrected chi connectivity index (χ0v) is 14.2. The molecule has 0 fully saturated rings. The fourth-order valence-electron chi connectivity index (χ4n) is 1.63. The van der Waals surface area contributed by atoms with E-state index in [1.807, 2.05) is 0 Å². The van der Waals surface area contributed by atoms with Crippen LogP contribution in [0.2, 0.25) is 13.1 Å². The van der Waals surface area contributed by atoms with Gasteiger partial charge in [-0.3, -0.25) is 0 Å². The number of halogens is 2. The van der Waals surface area contributed by atoms with E-state index in [4.69, 9.17) is 5.32 Å². The van der Waals surface area contributed by atoms with Crippen molar-refractivity contribution in [1.29, 1.82) is 0 Å². The standard InChI is InChI=1S/C11H18NSi.2ClH.Ti/c1-11(2,9-13(3)4)12-10-7-5-6-8-10;;;/h5-10H,1-4H3;2*1H;/q-1;;;+3/p-2. The van der Waals surface area contributed by atoms with E-state index in [1.54, 1.807) is 0 Å². The Balaban J connectivity index is -0.000000563. The van der Waals surface area contributed by atoms with Crippen LogP contribution in [-0.2, 0) is 21.7 Å². The Hall–Kier alpha value is 0.821. The quantitative estimate of drug-likeness (QED) is 0.487. The van der Waals surface area contributed by atoms with Crippen LogP contribution in [0.4, 0.5) is 0 Å². The molecule has 89 valence electrons. The monoisotopic (exact) mass is 310 g/mol. The van der Waals surface area contributed by atoms with Gasteiger partial charge in [0.2, 0.25) is 0 Å². The fourth-order valence-corrected chi connectivity index (χ4v) is 3.12. The van der Waals surface area contributed by atoms with Gasteiger partial charge in [-0.1, -0.05) is 57.3 Å². The summed E-state index contributed by atoms with van der Waals surface area (Å²) >= 11 is 0. The van der Waals surface area contributed by atoms with Crippen LogP contribution >= 0.6 is 0 Å². The minimum absolute atomic E-state index is 0. The van der Waals surface area contributed by atoms with Crippen molar-refractivity contribution in [3.8, 4) is 0 Å². The van der Waals surface area contributed by atoms with Crippen molar-refractivity contribution in [2.24, 2.45) is 0 Å². The van der Waals surface area contributed by atoms with Crippen LogP contribution in [0.3, 0.4) is 0 Å². The van der Waals surface area contributed by atoms with Crippen molar-refractivity contribution in [2.45, 2.75) is 38.5 Å². The van der Waals surface area contributed by atoms with Crippen LogP contribution in [0.1, 0.15) is 13.8 Å². The molecule has 0 aromatic heterocycles. The molecule has 5 heteroatoms. The first-order valence-electron chi connectivity index (χ1n) is 4.73. The SMILES string of the molecule is C[Si](C)=CC(C)(C)[N-]C1C=CC=C1.[Cl-].[Cl-].[Ti+3]. The number of allylic oxidation sites excluding steroid dienone is 2. The van der Waals surface area contributed by atoms with Crippen LogP contribution in [0.15, 0.2) is 24.3 Å². The molecule has 0 aromatic rings. The number of rotatable bonds is 3. The molecule has 0 saturated heterocycles. The Bertz CT molecular complexity index is 259. The van der Waals surface area contributed by atoms with Gasteiger partial charge in [-0.2, -0.15) is 0 Å². The first kappa shape index (κ1) is 22.0. The van der Waals surface area contributed by atoms with Gasteiger partial charge in [-0.05, 0) is 8.41 Å².